The van der Waals surface area contributed by atoms with E-state index < -0.39 is 0 Å². The summed E-state index contributed by atoms with van der Waals surface area (Å²) in [7, 11) is 2.05. The first-order valence-electron chi connectivity index (χ1n) is 7.81. The van der Waals surface area contributed by atoms with E-state index in [1.807, 2.05) is 18.4 Å². The van der Waals surface area contributed by atoms with E-state index in [2.05, 4.69) is 42.6 Å². The Hall–Kier alpha value is -1.32. The van der Waals surface area contributed by atoms with Crippen LogP contribution < -0.4 is 10.1 Å². The normalized spacial score (nSPS) is 17.5. The van der Waals surface area contributed by atoms with Crippen LogP contribution in [0.2, 0.25) is 0 Å². The van der Waals surface area contributed by atoms with Gasteiger partial charge in [0, 0.05) is 15.8 Å². The molecule has 0 fully saturated rings. The lowest BCUT2D eigenvalue weighted by molar-refractivity contribution is 0.303. The fraction of sp³-hybridized carbons (Fsp3) is 0.444. The van der Waals surface area contributed by atoms with E-state index in [9.17, 15) is 0 Å². The van der Waals surface area contributed by atoms with Crippen molar-refractivity contribution in [1.82, 2.24) is 5.32 Å². The molecule has 0 saturated carbocycles. The topological polar surface area (TPSA) is 21.3 Å². The molecule has 1 N–H and O–H groups in total. The highest BCUT2D eigenvalue weighted by Gasteiger charge is 2.21. The summed E-state index contributed by atoms with van der Waals surface area (Å²) in [6, 6.07) is 11.4. The van der Waals surface area contributed by atoms with Gasteiger partial charge in [0.15, 0.2) is 0 Å². The van der Waals surface area contributed by atoms with Crippen LogP contribution in [-0.4, -0.2) is 7.05 Å². The lowest BCUT2D eigenvalue weighted by Crippen LogP contribution is -2.21. The molecule has 1 unspecified atom stereocenters. The Bertz CT molecular complexity index is 605. The minimum atomic E-state index is 0.478. The number of nitrogens with one attached hydrogen (secondary N) is 1. The highest BCUT2D eigenvalue weighted by atomic mass is 32.1. The molecule has 1 aromatic heterocycles. The van der Waals surface area contributed by atoms with Crippen molar-refractivity contribution in [3.63, 3.8) is 0 Å². The van der Waals surface area contributed by atoms with Crippen molar-refractivity contribution in [2.45, 2.75) is 45.3 Å². The molecular formula is C18H23NOS. The van der Waals surface area contributed by atoms with E-state index in [1.54, 1.807) is 0 Å². The molecule has 0 aliphatic heterocycles. The third-order valence-electron chi connectivity index (χ3n) is 4.25. The maximum Gasteiger partial charge on any atom is 0.123 e. The molecule has 0 radical (unpaired) electrons. The van der Waals surface area contributed by atoms with Crippen molar-refractivity contribution >= 4 is 11.3 Å². The van der Waals surface area contributed by atoms with Crippen LogP contribution in [0.3, 0.4) is 0 Å². The Morgan fingerprint density at radius 1 is 1.24 bits per heavy atom. The third kappa shape index (κ3) is 3.14. The summed E-state index contributed by atoms with van der Waals surface area (Å²) in [4.78, 5) is 2.74. The summed E-state index contributed by atoms with van der Waals surface area (Å²) in [5.41, 5.74) is 2.82. The van der Waals surface area contributed by atoms with Crippen molar-refractivity contribution < 1.29 is 4.74 Å². The van der Waals surface area contributed by atoms with Gasteiger partial charge in [0.25, 0.3) is 0 Å². The number of thiophene rings is 1. The quantitative estimate of drug-likeness (QED) is 0.879. The van der Waals surface area contributed by atoms with E-state index in [0.29, 0.717) is 12.6 Å². The van der Waals surface area contributed by atoms with Gasteiger partial charge in [-0.25, -0.2) is 0 Å². The monoisotopic (exact) mass is 301 g/mol. The standard InChI is InChI=1S/C18H23NOS/c1-3-13-10-11-14(21-13)12-20-18-9-5-6-15-16(18)7-4-8-17(15)19-2/h5-6,9-11,17,19H,3-4,7-8,12H2,1-2H3. The minimum absolute atomic E-state index is 0.478. The van der Waals surface area contributed by atoms with Crippen LogP contribution in [0.5, 0.6) is 5.75 Å². The van der Waals surface area contributed by atoms with Crippen molar-refractivity contribution in [3.8, 4) is 5.75 Å². The van der Waals surface area contributed by atoms with Crippen LogP contribution >= 0.6 is 11.3 Å². The van der Waals surface area contributed by atoms with Crippen molar-refractivity contribution in [2.24, 2.45) is 0 Å². The lowest BCUT2D eigenvalue weighted by atomic mass is 9.87. The van der Waals surface area contributed by atoms with E-state index in [1.165, 1.54) is 33.7 Å². The smallest absolute Gasteiger partial charge is 0.123 e. The Morgan fingerprint density at radius 2 is 2.10 bits per heavy atom. The second kappa shape index (κ2) is 6.63. The summed E-state index contributed by atoms with van der Waals surface area (Å²) in [5, 5.41) is 3.42. The zero-order valence-corrected chi connectivity index (χ0v) is 13.6. The molecule has 0 spiro atoms. The number of rotatable bonds is 5. The Balaban J connectivity index is 1.76. The van der Waals surface area contributed by atoms with Crippen LogP contribution in [0.15, 0.2) is 30.3 Å². The van der Waals surface area contributed by atoms with Crippen molar-refractivity contribution in [3.05, 3.63) is 51.2 Å². The first-order chi connectivity index (χ1) is 10.3. The summed E-state index contributed by atoms with van der Waals surface area (Å²) in [6.45, 7) is 2.88. The number of hydrogen-bond acceptors (Lipinski definition) is 3. The Morgan fingerprint density at radius 3 is 2.86 bits per heavy atom. The summed E-state index contributed by atoms with van der Waals surface area (Å²) in [6.07, 6.45) is 4.69. The van der Waals surface area contributed by atoms with Crippen LogP contribution in [0.1, 0.15) is 46.7 Å². The molecule has 3 heteroatoms. The largest absolute Gasteiger partial charge is 0.488 e. The Kier molecular flexibility index (Phi) is 4.61. The summed E-state index contributed by atoms with van der Waals surface area (Å²) >= 11 is 1.86. The van der Waals surface area contributed by atoms with E-state index in [4.69, 9.17) is 4.74 Å². The average Bonchev–Trinajstić information content (AvgIpc) is 3.00. The molecule has 1 aromatic carbocycles. The highest BCUT2D eigenvalue weighted by Crippen LogP contribution is 2.35. The Labute approximate surface area is 131 Å². The first-order valence-corrected chi connectivity index (χ1v) is 8.63. The molecule has 0 amide bonds. The SMILES string of the molecule is CCc1ccc(COc2cccc3c2CCCC3NC)s1. The molecule has 3 rings (SSSR count). The van der Waals surface area contributed by atoms with Gasteiger partial charge >= 0.3 is 0 Å². The average molecular weight is 301 g/mol. The zero-order chi connectivity index (χ0) is 14.7. The number of hydrogen-bond donors (Lipinski definition) is 1. The highest BCUT2D eigenvalue weighted by molar-refractivity contribution is 7.11. The molecule has 1 heterocycles. The van der Waals surface area contributed by atoms with Gasteiger partial charge in [0.2, 0.25) is 0 Å². The molecule has 0 bridgehead atoms. The van der Waals surface area contributed by atoms with Gasteiger partial charge in [-0.2, -0.15) is 0 Å². The summed E-state index contributed by atoms with van der Waals surface area (Å²) in [5.74, 6) is 1.07. The fourth-order valence-electron chi connectivity index (χ4n) is 3.09. The van der Waals surface area contributed by atoms with E-state index in [-0.39, 0.29) is 0 Å². The predicted molar refractivity (Wildman–Crippen MR) is 89.2 cm³/mol. The molecule has 21 heavy (non-hydrogen) atoms. The maximum atomic E-state index is 6.12. The van der Waals surface area contributed by atoms with Gasteiger partial charge in [0.05, 0.1) is 0 Å². The molecule has 1 aliphatic rings. The first kappa shape index (κ1) is 14.6. The van der Waals surface area contributed by atoms with Gasteiger partial charge in [-0.05, 0) is 62.1 Å². The third-order valence-corrected chi connectivity index (χ3v) is 5.45. The van der Waals surface area contributed by atoms with Crippen LogP contribution in [0.4, 0.5) is 0 Å². The van der Waals surface area contributed by atoms with Gasteiger partial charge in [-0.15, -0.1) is 11.3 Å². The number of ether oxygens (including phenoxy) is 1. The molecule has 1 aliphatic carbocycles. The minimum Gasteiger partial charge on any atom is -0.488 e. The van der Waals surface area contributed by atoms with Gasteiger partial charge < -0.3 is 10.1 Å². The number of benzene rings is 1. The molecule has 0 saturated heterocycles. The van der Waals surface area contributed by atoms with Crippen molar-refractivity contribution in [2.75, 3.05) is 7.05 Å². The van der Waals surface area contributed by atoms with Crippen LogP contribution in [0, 0.1) is 0 Å². The van der Waals surface area contributed by atoms with Crippen molar-refractivity contribution in [1.29, 1.82) is 0 Å². The predicted octanol–water partition coefficient (Wildman–Crippen LogP) is 4.49. The fourth-order valence-corrected chi connectivity index (χ4v) is 3.96. The molecular weight excluding hydrogens is 278 g/mol. The van der Waals surface area contributed by atoms with Crippen LogP contribution in [0.25, 0.3) is 0 Å². The van der Waals surface area contributed by atoms with Gasteiger partial charge in [-0.1, -0.05) is 19.1 Å². The molecule has 2 nitrogen and oxygen atoms in total. The molecule has 112 valence electrons. The second-order valence-electron chi connectivity index (χ2n) is 5.57. The number of fused-ring (bicyclic) bond motifs is 1. The maximum absolute atomic E-state index is 6.12. The lowest BCUT2D eigenvalue weighted by Gasteiger charge is -2.26. The molecule has 1 atom stereocenters. The van der Waals surface area contributed by atoms with Crippen LogP contribution in [-0.2, 0) is 19.4 Å². The van der Waals surface area contributed by atoms with E-state index in [0.717, 1.165) is 18.6 Å². The molecule has 2 aromatic rings. The van der Waals surface area contributed by atoms with Gasteiger partial charge in [0.1, 0.15) is 12.4 Å². The van der Waals surface area contributed by atoms with Gasteiger partial charge in [-0.3, -0.25) is 0 Å². The van der Waals surface area contributed by atoms with E-state index >= 15 is 0 Å². The second-order valence-corrected chi connectivity index (χ2v) is 6.82. The zero-order valence-electron chi connectivity index (χ0n) is 12.8. The summed E-state index contributed by atoms with van der Waals surface area (Å²) < 4.78 is 6.12. The number of aryl methyl sites for hydroxylation is 1.